The number of phenols is 2. The number of piperazine rings is 1. The fraction of sp³-hybridized carbons (Fsp3) is 0.375. The number of aromatic hydroxyl groups is 2. The molecule has 0 saturated carbocycles. The van der Waals surface area contributed by atoms with Gasteiger partial charge in [-0.3, -0.25) is 9.69 Å². The molecule has 0 radical (unpaired) electrons. The number of likely N-dealkylation sites (tertiary alicyclic amines) is 1. The molecule has 4 rings (SSSR count). The fourth-order valence-electron chi connectivity index (χ4n) is 4.31. The molecule has 0 aromatic heterocycles. The highest BCUT2D eigenvalue weighted by Gasteiger charge is 2.29. The highest BCUT2D eigenvalue weighted by Crippen LogP contribution is 2.24. The molecule has 0 spiro atoms. The smallest absolute Gasteiger partial charge is 0.228 e. The Morgan fingerprint density at radius 3 is 2.45 bits per heavy atom. The van der Waals surface area contributed by atoms with E-state index in [1.54, 1.807) is 36.4 Å². The maximum Gasteiger partial charge on any atom is 0.228 e. The van der Waals surface area contributed by atoms with Gasteiger partial charge < -0.3 is 25.3 Å². The van der Waals surface area contributed by atoms with Gasteiger partial charge in [0.05, 0.1) is 5.92 Å². The van der Waals surface area contributed by atoms with E-state index < -0.39 is 0 Å². The van der Waals surface area contributed by atoms with E-state index in [1.165, 1.54) is 0 Å². The summed E-state index contributed by atoms with van der Waals surface area (Å²) in [4.78, 5) is 19.5. The van der Waals surface area contributed by atoms with E-state index in [4.69, 9.17) is 0 Å². The third kappa shape index (κ3) is 5.30. The Morgan fingerprint density at radius 1 is 1.00 bits per heavy atom. The third-order valence-electron chi connectivity index (χ3n) is 6.11. The molecular formula is C24H30N4O3. The van der Waals surface area contributed by atoms with E-state index in [0.717, 1.165) is 63.6 Å². The Bertz CT molecular complexity index is 923. The predicted octanol–water partition coefficient (Wildman–Crippen LogP) is 2.69. The van der Waals surface area contributed by atoms with Crippen LogP contribution in [0.15, 0.2) is 60.8 Å². The van der Waals surface area contributed by atoms with Crippen LogP contribution in [0.3, 0.4) is 0 Å². The van der Waals surface area contributed by atoms with Gasteiger partial charge in [0, 0.05) is 62.4 Å². The zero-order valence-corrected chi connectivity index (χ0v) is 17.7. The summed E-state index contributed by atoms with van der Waals surface area (Å²) in [5, 5.41) is 22.0. The molecule has 2 saturated heterocycles. The Morgan fingerprint density at radius 2 is 1.74 bits per heavy atom. The number of rotatable bonds is 6. The number of phenolic OH excluding ortho intramolecular Hbond substituents is 2. The Balaban J connectivity index is 1.22. The maximum atomic E-state index is 12.6. The minimum absolute atomic E-state index is 0.0264. The normalized spacial score (nSPS) is 19.4. The van der Waals surface area contributed by atoms with Crippen molar-refractivity contribution in [3.63, 3.8) is 0 Å². The molecule has 2 aromatic carbocycles. The van der Waals surface area contributed by atoms with Crippen LogP contribution in [0.25, 0.3) is 0 Å². The first-order valence-electron chi connectivity index (χ1n) is 10.8. The molecule has 1 atom stereocenters. The quantitative estimate of drug-likeness (QED) is 0.622. The molecule has 7 heteroatoms. The van der Waals surface area contributed by atoms with Crippen LogP contribution in [0.1, 0.15) is 6.42 Å². The monoisotopic (exact) mass is 422 g/mol. The van der Waals surface area contributed by atoms with Crippen molar-refractivity contribution in [2.45, 2.75) is 6.42 Å². The number of hydrogen-bond acceptors (Lipinski definition) is 6. The Hall–Kier alpha value is -3.19. The van der Waals surface area contributed by atoms with Gasteiger partial charge in [-0.05, 0) is 49.4 Å². The number of carbonyl (C=O) groups excluding carboxylic acids is 1. The lowest BCUT2D eigenvalue weighted by Gasteiger charge is -2.39. The van der Waals surface area contributed by atoms with Gasteiger partial charge in [-0.2, -0.15) is 0 Å². The largest absolute Gasteiger partial charge is 0.508 e. The molecule has 1 unspecified atom stereocenters. The molecule has 0 bridgehead atoms. The van der Waals surface area contributed by atoms with Gasteiger partial charge >= 0.3 is 0 Å². The van der Waals surface area contributed by atoms with E-state index in [1.807, 2.05) is 12.1 Å². The van der Waals surface area contributed by atoms with Crippen molar-refractivity contribution in [2.24, 2.45) is 5.92 Å². The van der Waals surface area contributed by atoms with E-state index in [2.05, 4.69) is 26.6 Å². The summed E-state index contributed by atoms with van der Waals surface area (Å²) in [6, 6.07) is 13.9. The SMILES string of the molecule is C=C(CN1CCC(C(=O)Nc2ccc(O)cc2)C1)N1CCN(c2cccc(O)c2)CC1. The number of anilines is 2. The van der Waals surface area contributed by atoms with Crippen molar-refractivity contribution in [3.8, 4) is 11.5 Å². The number of hydrogen-bond donors (Lipinski definition) is 3. The van der Waals surface area contributed by atoms with Gasteiger partial charge in [0.15, 0.2) is 0 Å². The summed E-state index contributed by atoms with van der Waals surface area (Å²) in [6.07, 6.45) is 0.836. The van der Waals surface area contributed by atoms with Crippen LogP contribution in [0.4, 0.5) is 11.4 Å². The lowest BCUT2D eigenvalue weighted by atomic mass is 10.1. The molecule has 2 heterocycles. The van der Waals surface area contributed by atoms with Crippen LogP contribution in [-0.2, 0) is 4.79 Å². The lowest BCUT2D eigenvalue weighted by Crippen LogP contribution is -2.47. The first-order chi connectivity index (χ1) is 15.0. The molecule has 1 amide bonds. The van der Waals surface area contributed by atoms with Crippen molar-refractivity contribution in [2.75, 3.05) is 56.0 Å². The topological polar surface area (TPSA) is 79.3 Å². The number of carbonyl (C=O) groups is 1. The van der Waals surface area contributed by atoms with Crippen LogP contribution in [0.5, 0.6) is 11.5 Å². The van der Waals surface area contributed by atoms with Crippen LogP contribution in [0, 0.1) is 5.92 Å². The van der Waals surface area contributed by atoms with Crippen molar-refractivity contribution < 1.29 is 15.0 Å². The van der Waals surface area contributed by atoms with Crippen LogP contribution in [-0.4, -0.2) is 71.7 Å². The first kappa shape index (κ1) is 21.1. The molecule has 2 fully saturated rings. The third-order valence-corrected chi connectivity index (χ3v) is 6.11. The highest BCUT2D eigenvalue weighted by atomic mass is 16.3. The first-order valence-corrected chi connectivity index (χ1v) is 10.8. The summed E-state index contributed by atoms with van der Waals surface area (Å²) in [5.74, 6) is 0.469. The summed E-state index contributed by atoms with van der Waals surface area (Å²) >= 11 is 0. The molecular weight excluding hydrogens is 392 g/mol. The Kier molecular flexibility index (Phi) is 6.32. The van der Waals surface area contributed by atoms with Crippen molar-refractivity contribution in [1.82, 2.24) is 9.80 Å². The fourth-order valence-corrected chi connectivity index (χ4v) is 4.31. The second kappa shape index (κ2) is 9.31. The van der Waals surface area contributed by atoms with E-state index >= 15 is 0 Å². The average Bonchev–Trinajstić information content (AvgIpc) is 3.24. The maximum absolute atomic E-state index is 12.6. The van der Waals surface area contributed by atoms with Gasteiger partial charge in [0.1, 0.15) is 11.5 Å². The summed E-state index contributed by atoms with van der Waals surface area (Å²) in [7, 11) is 0. The van der Waals surface area contributed by atoms with E-state index in [-0.39, 0.29) is 17.6 Å². The van der Waals surface area contributed by atoms with Gasteiger partial charge in [-0.1, -0.05) is 12.6 Å². The van der Waals surface area contributed by atoms with Crippen LogP contribution >= 0.6 is 0 Å². The van der Waals surface area contributed by atoms with Crippen molar-refractivity contribution >= 4 is 17.3 Å². The average molecular weight is 423 g/mol. The molecule has 3 N–H and O–H groups in total. The summed E-state index contributed by atoms with van der Waals surface area (Å²) in [5.41, 5.74) is 2.85. The number of amides is 1. The molecule has 2 aliphatic heterocycles. The summed E-state index contributed by atoms with van der Waals surface area (Å²) < 4.78 is 0. The van der Waals surface area contributed by atoms with E-state index in [9.17, 15) is 15.0 Å². The van der Waals surface area contributed by atoms with E-state index in [0.29, 0.717) is 11.4 Å². The van der Waals surface area contributed by atoms with Gasteiger partial charge in [0.2, 0.25) is 5.91 Å². The van der Waals surface area contributed by atoms with Gasteiger partial charge in [0.25, 0.3) is 0 Å². The van der Waals surface area contributed by atoms with Crippen molar-refractivity contribution in [1.29, 1.82) is 0 Å². The van der Waals surface area contributed by atoms with Gasteiger partial charge in [-0.25, -0.2) is 0 Å². The Labute approximate surface area is 183 Å². The second-order valence-corrected chi connectivity index (χ2v) is 8.32. The lowest BCUT2D eigenvalue weighted by molar-refractivity contribution is -0.119. The molecule has 2 aromatic rings. The number of nitrogens with one attached hydrogen (secondary N) is 1. The molecule has 31 heavy (non-hydrogen) atoms. The minimum atomic E-state index is -0.0378. The zero-order chi connectivity index (χ0) is 21.8. The van der Waals surface area contributed by atoms with Crippen LogP contribution in [0.2, 0.25) is 0 Å². The molecule has 2 aliphatic rings. The predicted molar refractivity (Wildman–Crippen MR) is 122 cm³/mol. The number of benzene rings is 2. The molecule has 164 valence electrons. The number of nitrogens with zero attached hydrogens (tertiary/aromatic N) is 3. The standard InChI is InChI=1S/C24H30N4O3/c1-18(27-11-13-28(14-12-27)21-3-2-4-23(30)15-21)16-26-10-9-19(17-26)24(31)25-20-5-7-22(29)8-6-20/h2-8,15,19,29-30H,1,9-14,16-17H2,(H,25,31). The summed E-state index contributed by atoms with van der Waals surface area (Å²) in [6.45, 7) is 10.3. The highest BCUT2D eigenvalue weighted by molar-refractivity contribution is 5.92. The van der Waals surface area contributed by atoms with Crippen molar-refractivity contribution in [3.05, 3.63) is 60.8 Å². The van der Waals surface area contributed by atoms with Gasteiger partial charge in [-0.15, -0.1) is 0 Å². The second-order valence-electron chi connectivity index (χ2n) is 8.32. The minimum Gasteiger partial charge on any atom is -0.508 e. The zero-order valence-electron chi connectivity index (χ0n) is 17.7. The molecule has 7 nitrogen and oxygen atoms in total. The molecule has 0 aliphatic carbocycles. The van der Waals surface area contributed by atoms with Crippen LogP contribution < -0.4 is 10.2 Å².